The first-order valence-electron chi connectivity index (χ1n) is 8.88. The number of benzene rings is 2. The summed E-state index contributed by atoms with van der Waals surface area (Å²) in [5.41, 5.74) is 10.3. The minimum atomic E-state index is -0.388. The zero-order valence-electron chi connectivity index (χ0n) is 14.9. The lowest BCUT2D eigenvalue weighted by atomic mass is 10.1. The molecule has 1 amide bonds. The van der Waals surface area contributed by atoms with Gasteiger partial charge in [-0.1, -0.05) is 18.2 Å². The highest BCUT2D eigenvalue weighted by Gasteiger charge is 2.19. The molecule has 132 valence electrons. The van der Waals surface area contributed by atoms with Gasteiger partial charge in [0.05, 0.1) is 5.52 Å². The zero-order valence-corrected chi connectivity index (χ0v) is 14.9. The van der Waals surface area contributed by atoms with Crippen LogP contribution in [0.4, 0.5) is 11.4 Å². The Kier molecular flexibility index (Phi) is 4.21. The van der Waals surface area contributed by atoms with Crippen molar-refractivity contribution in [3.63, 3.8) is 0 Å². The van der Waals surface area contributed by atoms with Crippen LogP contribution in [-0.2, 0) is 0 Å². The number of hydrogen-bond donors (Lipinski definition) is 1. The van der Waals surface area contributed by atoms with Crippen LogP contribution in [0, 0.1) is 6.92 Å². The summed E-state index contributed by atoms with van der Waals surface area (Å²) in [4.78, 5) is 20.6. The van der Waals surface area contributed by atoms with Gasteiger partial charge < -0.3 is 15.5 Å². The number of hydrogen-bond acceptors (Lipinski definition) is 4. The van der Waals surface area contributed by atoms with Gasteiger partial charge in [0.1, 0.15) is 0 Å². The summed E-state index contributed by atoms with van der Waals surface area (Å²) in [6.45, 7) is 5.82. The summed E-state index contributed by atoms with van der Waals surface area (Å²) >= 11 is 0. The molecule has 0 atom stereocenters. The molecular formula is C21H22N4O. The average molecular weight is 346 g/mol. The number of fused-ring (bicyclic) bond motifs is 1. The Bertz CT molecular complexity index is 944. The van der Waals surface area contributed by atoms with Gasteiger partial charge in [-0.25, -0.2) is 0 Å². The third-order valence-electron chi connectivity index (χ3n) is 4.96. The van der Waals surface area contributed by atoms with Crippen LogP contribution < -0.4 is 15.5 Å². The van der Waals surface area contributed by atoms with Gasteiger partial charge in [0, 0.05) is 54.2 Å². The first-order valence-corrected chi connectivity index (χ1v) is 8.88. The van der Waals surface area contributed by atoms with Gasteiger partial charge in [0.2, 0.25) is 5.91 Å². The van der Waals surface area contributed by atoms with Crippen LogP contribution in [0.2, 0.25) is 0 Å². The molecule has 1 aliphatic heterocycles. The molecule has 26 heavy (non-hydrogen) atoms. The van der Waals surface area contributed by atoms with Gasteiger partial charge in [-0.05, 0) is 43.3 Å². The van der Waals surface area contributed by atoms with E-state index in [1.807, 2.05) is 25.1 Å². The Labute approximate surface area is 153 Å². The maximum Gasteiger partial charge on any atom is 0.248 e. The van der Waals surface area contributed by atoms with Crippen LogP contribution in [0.15, 0.2) is 54.6 Å². The van der Waals surface area contributed by atoms with E-state index in [0.29, 0.717) is 5.56 Å². The molecule has 0 aliphatic carbocycles. The molecular weight excluding hydrogens is 324 g/mol. The second-order valence-electron chi connectivity index (χ2n) is 6.69. The number of rotatable bonds is 3. The van der Waals surface area contributed by atoms with Crippen LogP contribution in [0.25, 0.3) is 10.9 Å². The van der Waals surface area contributed by atoms with Gasteiger partial charge in [-0.2, -0.15) is 0 Å². The maximum absolute atomic E-state index is 11.2. The van der Waals surface area contributed by atoms with E-state index in [0.717, 1.165) is 43.1 Å². The lowest BCUT2D eigenvalue weighted by Crippen LogP contribution is -2.46. The fourth-order valence-electron chi connectivity index (χ4n) is 3.59. The van der Waals surface area contributed by atoms with Crippen molar-refractivity contribution in [2.24, 2.45) is 5.73 Å². The predicted octanol–water partition coefficient (Wildman–Crippen LogP) is 2.97. The maximum atomic E-state index is 11.2. The highest BCUT2D eigenvalue weighted by atomic mass is 16.1. The predicted molar refractivity (Wildman–Crippen MR) is 106 cm³/mol. The molecule has 5 heteroatoms. The Balaban J connectivity index is 1.53. The molecule has 5 nitrogen and oxygen atoms in total. The molecule has 3 aromatic rings. The van der Waals surface area contributed by atoms with E-state index in [4.69, 9.17) is 5.73 Å². The second kappa shape index (κ2) is 6.67. The molecule has 0 bridgehead atoms. The van der Waals surface area contributed by atoms with Crippen LogP contribution in [-0.4, -0.2) is 37.1 Å². The van der Waals surface area contributed by atoms with Crippen molar-refractivity contribution in [1.29, 1.82) is 0 Å². The molecule has 4 rings (SSSR count). The zero-order chi connectivity index (χ0) is 18.1. The van der Waals surface area contributed by atoms with E-state index in [1.54, 1.807) is 12.1 Å². The fourth-order valence-corrected chi connectivity index (χ4v) is 3.59. The van der Waals surface area contributed by atoms with E-state index in [2.05, 4.69) is 39.0 Å². The SMILES string of the molecule is Cc1cc(N2CCN(c3ccc(C(N)=O)cc3)CC2)c2ccccc2n1. The number of nitrogens with zero attached hydrogens (tertiary/aromatic N) is 3. The van der Waals surface area contributed by atoms with E-state index >= 15 is 0 Å². The summed E-state index contributed by atoms with van der Waals surface area (Å²) in [6, 6.07) is 18.0. The molecule has 1 fully saturated rings. The van der Waals surface area contributed by atoms with Gasteiger partial charge in [0.15, 0.2) is 0 Å². The topological polar surface area (TPSA) is 62.5 Å². The number of carbonyl (C=O) groups is 1. The highest BCUT2D eigenvalue weighted by molar-refractivity contribution is 5.93. The number of aromatic nitrogens is 1. The quantitative estimate of drug-likeness (QED) is 0.792. The minimum Gasteiger partial charge on any atom is -0.368 e. The number of carbonyl (C=O) groups excluding carboxylic acids is 1. The summed E-state index contributed by atoms with van der Waals surface area (Å²) in [5, 5.41) is 1.21. The number of aryl methyl sites for hydroxylation is 1. The van der Waals surface area contributed by atoms with E-state index in [-0.39, 0.29) is 5.91 Å². The number of primary amides is 1. The first-order chi connectivity index (χ1) is 12.6. The van der Waals surface area contributed by atoms with Crippen molar-refractivity contribution in [2.75, 3.05) is 36.0 Å². The Morgan fingerprint density at radius 1 is 0.962 bits per heavy atom. The van der Waals surface area contributed by atoms with E-state index < -0.39 is 0 Å². The Morgan fingerprint density at radius 2 is 1.62 bits per heavy atom. The van der Waals surface area contributed by atoms with Crippen LogP contribution in [0.5, 0.6) is 0 Å². The number of pyridine rings is 1. The Hall–Kier alpha value is -3.08. The van der Waals surface area contributed by atoms with Gasteiger partial charge >= 0.3 is 0 Å². The molecule has 0 spiro atoms. The molecule has 2 aromatic carbocycles. The van der Waals surface area contributed by atoms with E-state index in [1.165, 1.54) is 11.1 Å². The molecule has 1 saturated heterocycles. The van der Waals surface area contributed by atoms with E-state index in [9.17, 15) is 4.79 Å². The van der Waals surface area contributed by atoms with Crippen LogP contribution >= 0.6 is 0 Å². The second-order valence-corrected chi connectivity index (χ2v) is 6.69. The number of para-hydroxylation sites is 1. The number of anilines is 2. The van der Waals surface area contributed by atoms with Crippen molar-refractivity contribution in [3.8, 4) is 0 Å². The third kappa shape index (κ3) is 3.08. The van der Waals surface area contributed by atoms with Gasteiger partial charge in [-0.3, -0.25) is 9.78 Å². The fraction of sp³-hybridized carbons (Fsp3) is 0.238. The summed E-state index contributed by atoms with van der Waals surface area (Å²) in [6.07, 6.45) is 0. The average Bonchev–Trinajstić information content (AvgIpc) is 2.67. The van der Waals surface area contributed by atoms with Crippen molar-refractivity contribution < 1.29 is 4.79 Å². The number of nitrogens with two attached hydrogens (primary N) is 1. The number of piperazine rings is 1. The normalized spacial score (nSPS) is 14.7. The van der Waals surface area contributed by atoms with Gasteiger partial charge in [-0.15, -0.1) is 0 Å². The third-order valence-corrected chi connectivity index (χ3v) is 4.96. The van der Waals surface area contributed by atoms with Gasteiger partial charge in [0.25, 0.3) is 0 Å². The molecule has 0 saturated carbocycles. The molecule has 2 N–H and O–H groups in total. The van der Waals surface area contributed by atoms with Crippen LogP contribution in [0.3, 0.4) is 0 Å². The monoisotopic (exact) mass is 346 g/mol. The largest absolute Gasteiger partial charge is 0.368 e. The molecule has 2 heterocycles. The smallest absolute Gasteiger partial charge is 0.248 e. The van der Waals surface area contributed by atoms with Crippen LogP contribution in [0.1, 0.15) is 16.1 Å². The Morgan fingerprint density at radius 3 is 2.31 bits per heavy atom. The molecule has 1 aromatic heterocycles. The van der Waals surface area contributed by atoms with Crippen molar-refractivity contribution in [3.05, 3.63) is 65.9 Å². The molecule has 0 unspecified atom stereocenters. The molecule has 0 radical (unpaired) electrons. The summed E-state index contributed by atoms with van der Waals surface area (Å²) < 4.78 is 0. The summed E-state index contributed by atoms with van der Waals surface area (Å²) in [7, 11) is 0. The standard InChI is InChI=1S/C21H22N4O/c1-15-14-20(18-4-2-3-5-19(18)23-15)25-12-10-24(11-13-25)17-8-6-16(7-9-17)21(22)26/h2-9,14H,10-13H2,1H3,(H2,22,26). The van der Waals surface area contributed by atoms with Crippen molar-refractivity contribution in [1.82, 2.24) is 4.98 Å². The number of amides is 1. The first kappa shape index (κ1) is 16.4. The lowest BCUT2D eigenvalue weighted by molar-refractivity contribution is 0.100. The highest BCUT2D eigenvalue weighted by Crippen LogP contribution is 2.28. The minimum absolute atomic E-state index is 0.388. The molecule has 1 aliphatic rings. The summed E-state index contributed by atoms with van der Waals surface area (Å²) in [5.74, 6) is -0.388. The van der Waals surface area contributed by atoms with Crippen molar-refractivity contribution in [2.45, 2.75) is 6.92 Å². The van der Waals surface area contributed by atoms with Crippen molar-refractivity contribution >= 4 is 28.2 Å². The lowest BCUT2D eigenvalue weighted by Gasteiger charge is -2.38.